The third-order valence-electron chi connectivity index (χ3n) is 4.23. The number of methoxy groups -OCH3 is 2. The van der Waals surface area contributed by atoms with Crippen LogP contribution in [-0.2, 0) is 19.3 Å². The molecule has 0 radical (unpaired) electrons. The van der Waals surface area contributed by atoms with Crippen LogP contribution in [0.2, 0.25) is 0 Å². The molecule has 0 aliphatic carbocycles. The molecule has 0 bridgehead atoms. The van der Waals surface area contributed by atoms with Crippen molar-refractivity contribution in [3.8, 4) is 5.75 Å². The van der Waals surface area contributed by atoms with Gasteiger partial charge in [0.05, 0.1) is 40.8 Å². The molecule has 2 rings (SSSR count). The summed E-state index contributed by atoms with van der Waals surface area (Å²) in [6, 6.07) is 6.77. The van der Waals surface area contributed by atoms with E-state index in [-0.39, 0.29) is 32.2 Å². The second kappa shape index (κ2) is 8.35. The molecule has 0 fully saturated rings. The van der Waals surface area contributed by atoms with E-state index < -0.39 is 27.4 Å². The van der Waals surface area contributed by atoms with Crippen LogP contribution in [0.4, 0.5) is 5.69 Å². The topological polar surface area (TPSA) is 122 Å². The van der Waals surface area contributed by atoms with Gasteiger partial charge in [0, 0.05) is 0 Å². The highest BCUT2D eigenvalue weighted by Crippen LogP contribution is 2.34. The van der Waals surface area contributed by atoms with Crippen LogP contribution in [0.1, 0.15) is 47.1 Å². The van der Waals surface area contributed by atoms with Crippen molar-refractivity contribution in [2.75, 3.05) is 20.0 Å². The number of ether oxygens (including phenoxy) is 3. The number of sulfone groups is 1. The van der Waals surface area contributed by atoms with Gasteiger partial charge in [0.25, 0.3) is 0 Å². The highest BCUT2D eigenvalue weighted by Gasteiger charge is 2.32. The number of nitrogens with two attached hydrogens (primary N) is 1. The summed E-state index contributed by atoms with van der Waals surface area (Å²) in [5.74, 6) is -1.23. The summed E-state index contributed by atoms with van der Waals surface area (Å²) in [4.78, 5) is 24.6. The lowest BCUT2D eigenvalue weighted by Crippen LogP contribution is -2.25. The minimum atomic E-state index is -4.17. The minimum Gasteiger partial charge on any atom is -0.497 e. The number of nitrogen functional groups attached to an aromatic ring is 1. The number of rotatable bonds is 5. The molecule has 162 valence electrons. The number of anilines is 1. The minimum absolute atomic E-state index is 0.0505. The lowest BCUT2D eigenvalue weighted by atomic mass is 10.0. The van der Waals surface area contributed by atoms with Crippen LogP contribution in [0.25, 0.3) is 0 Å². The molecule has 2 aromatic carbocycles. The fourth-order valence-electron chi connectivity index (χ4n) is 2.80. The average Bonchev–Trinajstić information content (AvgIpc) is 2.67. The zero-order chi connectivity index (χ0) is 22.9. The number of hydrogen-bond donors (Lipinski definition) is 1. The lowest BCUT2D eigenvalue weighted by molar-refractivity contribution is 0.00705. The van der Waals surface area contributed by atoms with Gasteiger partial charge in [-0.05, 0) is 63.6 Å². The van der Waals surface area contributed by atoms with E-state index in [0.29, 0.717) is 5.75 Å². The van der Waals surface area contributed by atoms with Gasteiger partial charge in [0.1, 0.15) is 11.4 Å². The quantitative estimate of drug-likeness (QED) is 0.561. The summed E-state index contributed by atoms with van der Waals surface area (Å²) >= 11 is 0. The van der Waals surface area contributed by atoms with Crippen LogP contribution < -0.4 is 10.5 Å². The largest absolute Gasteiger partial charge is 0.497 e. The number of hydrogen-bond acceptors (Lipinski definition) is 8. The van der Waals surface area contributed by atoms with Gasteiger partial charge in [-0.1, -0.05) is 0 Å². The molecule has 0 saturated heterocycles. The Kier molecular flexibility index (Phi) is 6.46. The normalized spacial score (nSPS) is 11.7. The van der Waals surface area contributed by atoms with Crippen molar-refractivity contribution in [3.63, 3.8) is 0 Å². The predicted octanol–water partition coefficient (Wildman–Crippen LogP) is 3.16. The molecule has 0 heterocycles. The number of carbonyl (C=O) groups excluding carboxylic acids is 2. The Hall–Kier alpha value is -3.07. The third-order valence-corrected chi connectivity index (χ3v) is 6.19. The van der Waals surface area contributed by atoms with Crippen molar-refractivity contribution in [3.05, 3.63) is 47.0 Å². The van der Waals surface area contributed by atoms with Crippen molar-refractivity contribution < 1.29 is 32.2 Å². The van der Waals surface area contributed by atoms with Gasteiger partial charge in [-0.2, -0.15) is 0 Å². The smallest absolute Gasteiger partial charge is 0.340 e. The van der Waals surface area contributed by atoms with Crippen molar-refractivity contribution in [1.82, 2.24) is 0 Å². The maximum Gasteiger partial charge on any atom is 0.340 e. The molecule has 0 atom stereocenters. The van der Waals surface area contributed by atoms with E-state index in [1.165, 1.54) is 38.3 Å². The monoisotopic (exact) mass is 435 g/mol. The summed E-state index contributed by atoms with van der Waals surface area (Å²) in [6.07, 6.45) is 0. The summed E-state index contributed by atoms with van der Waals surface area (Å²) in [5.41, 5.74) is 4.83. The zero-order valence-electron chi connectivity index (χ0n) is 17.7. The average molecular weight is 435 g/mol. The van der Waals surface area contributed by atoms with Gasteiger partial charge in [-0.15, -0.1) is 0 Å². The predicted molar refractivity (Wildman–Crippen MR) is 111 cm³/mol. The van der Waals surface area contributed by atoms with E-state index >= 15 is 0 Å². The van der Waals surface area contributed by atoms with Crippen LogP contribution in [0.15, 0.2) is 40.1 Å². The first kappa shape index (κ1) is 23.2. The summed E-state index contributed by atoms with van der Waals surface area (Å²) in [6.45, 7) is 6.46. The summed E-state index contributed by atoms with van der Waals surface area (Å²) in [5, 5.41) is 0. The van der Waals surface area contributed by atoms with Crippen LogP contribution >= 0.6 is 0 Å². The van der Waals surface area contributed by atoms with Gasteiger partial charge in [0.15, 0.2) is 0 Å². The van der Waals surface area contributed by atoms with Crippen molar-refractivity contribution in [1.29, 1.82) is 0 Å². The van der Waals surface area contributed by atoms with Gasteiger partial charge < -0.3 is 19.9 Å². The molecular formula is C21H25NO7S. The standard InChI is InChI=1S/C21H25NO7S/c1-12-17(22)15(20(24)29-21(2,3)4)11-16(19(23)28-6)18(12)30(25,26)14-9-7-13(27-5)8-10-14/h7-11H,22H2,1-6H3. The second-order valence-electron chi connectivity index (χ2n) is 7.51. The molecule has 9 heteroatoms. The van der Waals surface area contributed by atoms with Gasteiger partial charge in [-0.3, -0.25) is 0 Å². The zero-order valence-corrected chi connectivity index (χ0v) is 18.5. The molecule has 8 nitrogen and oxygen atoms in total. The van der Waals surface area contributed by atoms with Gasteiger partial charge in [-0.25, -0.2) is 18.0 Å². The van der Waals surface area contributed by atoms with Crippen LogP contribution in [0.3, 0.4) is 0 Å². The number of carbonyl (C=O) groups is 2. The molecule has 0 spiro atoms. The fourth-order valence-corrected chi connectivity index (χ4v) is 4.47. The first-order valence-corrected chi connectivity index (χ1v) is 10.5. The van der Waals surface area contributed by atoms with E-state index in [0.717, 1.165) is 13.2 Å². The Balaban J connectivity index is 2.77. The van der Waals surface area contributed by atoms with E-state index in [1.807, 2.05) is 0 Å². The molecule has 0 aliphatic rings. The van der Waals surface area contributed by atoms with E-state index in [1.54, 1.807) is 20.8 Å². The Morgan fingerprint density at radius 3 is 2.00 bits per heavy atom. The number of esters is 2. The molecular weight excluding hydrogens is 410 g/mol. The molecule has 0 saturated carbocycles. The Labute approximate surface area is 175 Å². The van der Waals surface area contributed by atoms with Gasteiger partial charge in [0.2, 0.25) is 9.84 Å². The van der Waals surface area contributed by atoms with E-state index in [4.69, 9.17) is 19.9 Å². The van der Waals surface area contributed by atoms with Crippen LogP contribution in [-0.4, -0.2) is 40.2 Å². The van der Waals surface area contributed by atoms with Crippen LogP contribution in [0.5, 0.6) is 5.75 Å². The second-order valence-corrected chi connectivity index (χ2v) is 9.40. The molecule has 0 unspecified atom stereocenters. The van der Waals surface area contributed by atoms with Crippen molar-refractivity contribution in [2.24, 2.45) is 0 Å². The summed E-state index contributed by atoms with van der Waals surface area (Å²) < 4.78 is 41.8. The van der Waals surface area contributed by atoms with Gasteiger partial charge >= 0.3 is 11.9 Å². The Bertz CT molecular complexity index is 1080. The molecule has 0 aromatic heterocycles. The molecule has 2 aromatic rings. The first-order valence-electron chi connectivity index (χ1n) is 8.97. The van der Waals surface area contributed by atoms with Crippen LogP contribution in [0, 0.1) is 6.92 Å². The van der Waals surface area contributed by atoms with E-state index in [9.17, 15) is 18.0 Å². The SMILES string of the molecule is COC(=O)c1cc(C(=O)OC(C)(C)C)c(N)c(C)c1S(=O)(=O)c1ccc(OC)cc1. The van der Waals surface area contributed by atoms with E-state index in [2.05, 4.69) is 0 Å². The molecule has 0 aliphatic heterocycles. The number of benzene rings is 2. The Morgan fingerprint density at radius 1 is 0.967 bits per heavy atom. The summed E-state index contributed by atoms with van der Waals surface area (Å²) in [7, 11) is -1.60. The van der Waals surface area contributed by atoms with Crippen molar-refractivity contribution in [2.45, 2.75) is 43.1 Å². The molecule has 0 amide bonds. The molecule has 2 N–H and O–H groups in total. The first-order chi connectivity index (χ1) is 13.8. The lowest BCUT2D eigenvalue weighted by Gasteiger charge is -2.22. The highest BCUT2D eigenvalue weighted by atomic mass is 32.2. The third kappa shape index (κ3) is 4.56. The fraction of sp³-hybridized carbons (Fsp3) is 0.333. The molecule has 30 heavy (non-hydrogen) atoms. The maximum absolute atomic E-state index is 13.3. The maximum atomic E-state index is 13.3. The highest BCUT2D eigenvalue weighted by molar-refractivity contribution is 7.91. The Morgan fingerprint density at radius 2 is 1.53 bits per heavy atom. The van der Waals surface area contributed by atoms with Crippen molar-refractivity contribution >= 4 is 27.5 Å².